The number of hydrogen-bond acceptors (Lipinski definition) is 4. The van der Waals surface area contributed by atoms with Crippen molar-refractivity contribution in [2.75, 3.05) is 32.5 Å². The van der Waals surface area contributed by atoms with E-state index in [1.165, 1.54) is 40.0 Å². The summed E-state index contributed by atoms with van der Waals surface area (Å²) in [4.78, 5) is 13.1. The Balaban J connectivity index is 1.84. The van der Waals surface area contributed by atoms with Gasteiger partial charge in [0.1, 0.15) is 17.0 Å². The number of rotatable bonds is 5. The third kappa shape index (κ3) is 3.04. The van der Waals surface area contributed by atoms with Crippen LogP contribution in [0.25, 0.3) is 10.2 Å². The van der Waals surface area contributed by atoms with Crippen molar-refractivity contribution in [3.8, 4) is 0 Å². The van der Waals surface area contributed by atoms with Gasteiger partial charge in [-0.05, 0) is 24.8 Å². The van der Waals surface area contributed by atoms with Crippen LogP contribution < -0.4 is 10.2 Å². The number of nitrogens with zero attached hydrogens (tertiary/aromatic N) is 2. The SMILES string of the molecule is C[NH+](C)CC(C)(C)CNc1ncnc2sc3c(c12)CCC3. The molecule has 0 amide bonds. The maximum Gasteiger partial charge on any atom is 0.138 e. The Morgan fingerprint density at radius 2 is 2.10 bits per heavy atom. The lowest BCUT2D eigenvalue weighted by Crippen LogP contribution is -3.07. The maximum absolute atomic E-state index is 4.52. The summed E-state index contributed by atoms with van der Waals surface area (Å²) in [6.45, 7) is 6.69. The summed E-state index contributed by atoms with van der Waals surface area (Å²) in [7, 11) is 4.41. The van der Waals surface area contributed by atoms with Crippen LogP contribution in [0.15, 0.2) is 6.33 Å². The number of anilines is 1. The molecular formula is C16H25N4S+. The predicted octanol–water partition coefficient (Wildman–Crippen LogP) is 1.76. The minimum atomic E-state index is 0.245. The lowest BCUT2D eigenvalue weighted by molar-refractivity contribution is -0.865. The van der Waals surface area contributed by atoms with Crippen molar-refractivity contribution in [3.63, 3.8) is 0 Å². The van der Waals surface area contributed by atoms with Crippen LogP contribution in [0, 0.1) is 5.41 Å². The van der Waals surface area contributed by atoms with Gasteiger partial charge in [0.05, 0.1) is 26.0 Å². The second kappa shape index (κ2) is 5.54. The zero-order chi connectivity index (χ0) is 15.0. The van der Waals surface area contributed by atoms with Gasteiger partial charge in [0.25, 0.3) is 0 Å². The minimum absolute atomic E-state index is 0.245. The van der Waals surface area contributed by atoms with Gasteiger partial charge in [-0.25, -0.2) is 9.97 Å². The summed E-state index contributed by atoms with van der Waals surface area (Å²) >= 11 is 1.85. The van der Waals surface area contributed by atoms with E-state index >= 15 is 0 Å². The van der Waals surface area contributed by atoms with E-state index in [1.54, 1.807) is 6.33 Å². The molecule has 0 saturated carbocycles. The number of aryl methyl sites for hydroxylation is 2. The van der Waals surface area contributed by atoms with E-state index in [1.807, 2.05) is 11.3 Å². The van der Waals surface area contributed by atoms with Crippen LogP contribution in [0.2, 0.25) is 0 Å². The summed E-state index contributed by atoms with van der Waals surface area (Å²) in [5, 5.41) is 4.87. The van der Waals surface area contributed by atoms with Crippen molar-refractivity contribution in [3.05, 3.63) is 16.8 Å². The van der Waals surface area contributed by atoms with Crippen LogP contribution in [0.4, 0.5) is 5.82 Å². The smallest absolute Gasteiger partial charge is 0.138 e. The highest BCUT2D eigenvalue weighted by Gasteiger charge is 2.24. The Kier molecular flexibility index (Phi) is 3.88. The average Bonchev–Trinajstić information content (AvgIpc) is 2.94. The van der Waals surface area contributed by atoms with Crippen molar-refractivity contribution in [2.45, 2.75) is 33.1 Å². The molecule has 21 heavy (non-hydrogen) atoms. The summed E-state index contributed by atoms with van der Waals surface area (Å²) < 4.78 is 0. The van der Waals surface area contributed by atoms with Crippen LogP contribution in [0.5, 0.6) is 0 Å². The molecular weight excluding hydrogens is 280 g/mol. The molecule has 0 aliphatic heterocycles. The van der Waals surface area contributed by atoms with Gasteiger partial charge in [-0.3, -0.25) is 0 Å². The van der Waals surface area contributed by atoms with Crippen molar-refractivity contribution >= 4 is 27.4 Å². The standard InChI is InChI=1S/C16H24N4S/c1-16(2,9-20(3)4)8-17-14-13-11-6-5-7-12(11)21-15(13)19-10-18-14/h10H,5-9H2,1-4H3,(H,17,18,19)/p+1. The normalized spacial score (nSPS) is 14.9. The van der Waals surface area contributed by atoms with Gasteiger partial charge in [0, 0.05) is 16.8 Å². The van der Waals surface area contributed by atoms with Gasteiger partial charge in [0.15, 0.2) is 0 Å². The zero-order valence-corrected chi connectivity index (χ0v) is 14.2. The molecule has 0 radical (unpaired) electrons. The Bertz CT molecular complexity index is 645. The molecule has 2 aromatic heterocycles. The van der Waals surface area contributed by atoms with Crippen molar-refractivity contribution in [1.29, 1.82) is 0 Å². The van der Waals surface area contributed by atoms with Crippen molar-refractivity contribution in [1.82, 2.24) is 9.97 Å². The number of hydrogen-bond donors (Lipinski definition) is 2. The molecule has 0 saturated heterocycles. The Morgan fingerprint density at radius 1 is 1.29 bits per heavy atom. The quantitative estimate of drug-likeness (QED) is 0.884. The highest BCUT2D eigenvalue weighted by Crippen LogP contribution is 2.39. The monoisotopic (exact) mass is 305 g/mol. The molecule has 1 aliphatic rings. The first-order valence-electron chi connectivity index (χ1n) is 7.74. The molecule has 0 spiro atoms. The number of quaternary nitrogens is 1. The highest BCUT2D eigenvalue weighted by atomic mass is 32.1. The minimum Gasteiger partial charge on any atom is -0.369 e. The molecule has 2 N–H and O–H groups in total. The summed E-state index contributed by atoms with van der Waals surface area (Å²) in [6, 6.07) is 0. The number of fused-ring (bicyclic) bond motifs is 3. The summed E-state index contributed by atoms with van der Waals surface area (Å²) in [5.41, 5.74) is 1.74. The molecule has 0 bridgehead atoms. The van der Waals surface area contributed by atoms with Crippen molar-refractivity contribution in [2.24, 2.45) is 5.41 Å². The van der Waals surface area contributed by atoms with E-state index in [0.29, 0.717) is 0 Å². The molecule has 4 nitrogen and oxygen atoms in total. The number of aromatic nitrogens is 2. The van der Waals surface area contributed by atoms with Gasteiger partial charge >= 0.3 is 0 Å². The highest BCUT2D eigenvalue weighted by molar-refractivity contribution is 7.19. The maximum atomic E-state index is 4.52. The largest absolute Gasteiger partial charge is 0.369 e. The van der Waals surface area contributed by atoms with E-state index in [-0.39, 0.29) is 5.41 Å². The summed E-state index contributed by atoms with van der Waals surface area (Å²) in [6.07, 6.45) is 5.37. The fourth-order valence-electron chi connectivity index (χ4n) is 3.41. The van der Waals surface area contributed by atoms with E-state index < -0.39 is 0 Å². The first-order chi connectivity index (χ1) is 9.96. The molecule has 1 aliphatic carbocycles. The first kappa shape index (κ1) is 14.7. The third-order valence-corrected chi connectivity index (χ3v) is 5.27. The van der Waals surface area contributed by atoms with Gasteiger partial charge in [-0.15, -0.1) is 11.3 Å². The number of thiophene rings is 1. The molecule has 114 valence electrons. The van der Waals surface area contributed by atoms with Gasteiger partial charge in [0.2, 0.25) is 0 Å². The van der Waals surface area contributed by atoms with Gasteiger partial charge < -0.3 is 10.2 Å². The first-order valence-corrected chi connectivity index (χ1v) is 8.56. The van der Waals surface area contributed by atoms with Gasteiger partial charge in [-0.2, -0.15) is 0 Å². The van der Waals surface area contributed by atoms with E-state index in [4.69, 9.17) is 0 Å². The summed E-state index contributed by atoms with van der Waals surface area (Å²) in [5.74, 6) is 1.03. The molecule has 2 aromatic rings. The molecule has 0 unspecified atom stereocenters. The molecule has 2 heterocycles. The van der Waals surface area contributed by atoms with Crippen LogP contribution in [0.1, 0.15) is 30.7 Å². The predicted molar refractivity (Wildman–Crippen MR) is 89.4 cm³/mol. The van der Waals surface area contributed by atoms with Crippen molar-refractivity contribution < 1.29 is 4.90 Å². The fourth-order valence-corrected chi connectivity index (χ4v) is 4.63. The topological polar surface area (TPSA) is 42.2 Å². The van der Waals surface area contributed by atoms with E-state index in [2.05, 4.69) is 43.2 Å². The molecule has 0 atom stereocenters. The Labute approximate surface area is 130 Å². The third-order valence-electron chi connectivity index (χ3n) is 4.07. The molecule has 0 fully saturated rings. The number of nitrogens with one attached hydrogen (secondary N) is 2. The van der Waals surface area contributed by atoms with Gasteiger partial charge in [-0.1, -0.05) is 13.8 Å². The lowest BCUT2D eigenvalue weighted by atomic mass is 9.93. The van der Waals surface area contributed by atoms with Crippen LogP contribution in [-0.4, -0.2) is 37.2 Å². The average molecular weight is 305 g/mol. The van der Waals surface area contributed by atoms with E-state index in [0.717, 1.165) is 23.7 Å². The zero-order valence-electron chi connectivity index (χ0n) is 13.4. The lowest BCUT2D eigenvalue weighted by Gasteiger charge is -2.26. The Hall–Kier alpha value is -1.20. The molecule has 3 rings (SSSR count). The van der Waals surface area contributed by atoms with Crippen LogP contribution >= 0.6 is 11.3 Å². The molecule has 5 heteroatoms. The second-order valence-electron chi connectivity index (χ2n) is 7.16. The van der Waals surface area contributed by atoms with Crippen LogP contribution in [0.3, 0.4) is 0 Å². The second-order valence-corrected chi connectivity index (χ2v) is 8.25. The fraction of sp³-hybridized carbons (Fsp3) is 0.625. The van der Waals surface area contributed by atoms with Crippen LogP contribution in [-0.2, 0) is 12.8 Å². The van der Waals surface area contributed by atoms with E-state index in [9.17, 15) is 0 Å². The Morgan fingerprint density at radius 3 is 2.86 bits per heavy atom. The molecule has 0 aromatic carbocycles.